The maximum atomic E-state index is 9.71. The van der Waals surface area contributed by atoms with Gasteiger partial charge in [-0.2, -0.15) is 8.42 Å². The Morgan fingerprint density at radius 2 is 2.12 bits per heavy atom. The summed E-state index contributed by atoms with van der Waals surface area (Å²) in [5.74, 6) is 0.822. The summed E-state index contributed by atoms with van der Waals surface area (Å²) in [6.07, 6.45) is 4.06. The van der Waals surface area contributed by atoms with Crippen molar-refractivity contribution < 1.29 is 17.5 Å². The topological polar surface area (TPSA) is 115 Å². The van der Waals surface area contributed by atoms with Crippen LogP contribution in [0.5, 0.6) is 0 Å². The minimum Gasteiger partial charge on any atom is -0.329 e. The van der Waals surface area contributed by atoms with Crippen LogP contribution in [0, 0.1) is 6.92 Å². The van der Waals surface area contributed by atoms with Crippen molar-refractivity contribution in [1.29, 1.82) is 0 Å². The van der Waals surface area contributed by atoms with Crippen LogP contribution in [-0.4, -0.2) is 29.8 Å². The molecule has 0 aliphatic heterocycles. The van der Waals surface area contributed by atoms with Gasteiger partial charge < -0.3 is 5.73 Å². The lowest BCUT2D eigenvalue weighted by molar-refractivity contribution is -0.724. The summed E-state index contributed by atoms with van der Waals surface area (Å²) in [7, 11) is -1.79. The molecular formula is C9H21N4O3S+. The molecule has 0 aromatic carbocycles. The molecule has 0 aliphatic rings. The number of nitrogens with zero attached hydrogens (tertiary/aromatic N) is 2. The highest BCUT2D eigenvalue weighted by Crippen LogP contribution is 1.91. The summed E-state index contributed by atoms with van der Waals surface area (Å²) in [5.41, 5.74) is 10.5. The van der Waals surface area contributed by atoms with Crippen molar-refractivity contribution in [2.45, 2.75) is 20.0 Å². The summed E-state index contributed by atoms with van der Waals surface area (Å²) in [6.45, 7) is 3.98. The van der Waals surface area contributed by atoms with E-state index in [2.05, 4.69) is 0 Å². The molecule has 0 spiro atoms. The van der Waals surface area contributed by atoms with E-state index >= 15 is 0 Å². The normalized spacial score (nSPS) is 12.8. The van der Waals surface area contributed by atoms with E-state index in [1.54, 1.807) is 0 Å². The highest BCUT2D eigenvalue weighted by Gasteiger charge is 2.10. The highest BCUT2D eigenvalue weighted by atomic mass is 32.2. The SMILES string of the molecule is Cc1n(C)cc[n+]1C(C)N.NCCS(=O)(=O)O. The van der Waals surface area contributed by atoms with Crippen LogP contribution >= 0.6 is 0 Å². The molecule has 0 radical (unpaired) electrons. The zero-order chi connectivity index (χ0) is 13.6. The van der Waals surface area contributed by atoms with Crippen LogP contribution in [0.1, 0.15) is 18.9 Å². The molecule has 1 aromatic heterocycles. The van der Waals surface area contributed by atoms with Gasteiger partial charge in [0, 0.05) is 13.5 Å². The quantitative estimate of drug-likeness (QED) is 0.475. The first-order chi connectivity index (χ1) is 7.69. The van der Waals surface area contributed by atoms with Gasteiger partial charge in [0.05, 0.1) is 12.8 Å². The Morgan fingerprint density at radius 1 is 1.59 bits per heavy atom. The highest BCUT2D eigenvalue weighted by molar-refractivity contribution is 7.85. The fourth-order valence-electron chi connectivity index (χ4n) is 1.15. The minimum atomic E-state index is -3.80. The van der Waals surface area contributed by atoms with E-state index in [-0.39, 0.29) is 18.5 Å². The van der Waals surface area contributed by atoms with E-state index in [0.717, 1.165) is 0 Å². The third kappa shape index (κ3) is 6.37. The Morgan fingerprint density at radius 3 is 2.24 bits per heavy atom. The van der Waals surface area contributed by atoms with Crippen LogP contribution in [0.15, 0.2) is 12.4 Å². The van der Waals surface area contributed by atoms with E-state index in [0.29, 0.717) is 0 Å². The summed E-state index contributed by atoms with van der Waals surface area (Å²) in [6, 6.07) is 0. The van der Waals surface area contributed by atoms with E-state index in [9.17, 15) is 8.42 Å². The second-order valence-corrected chi connectivity index (χ2v) is 5.25. The Labute approximate surface area is 102 Å². The van der Waals surface area contributed by atoms with Crippen molar-refractivity contribution in [2.75, 3.05) is 12.3 Å². The Bertz CT molecular complexity index is 439. The fraction of sp³-hybridized carbons (Fsp3) is 0.667. The van der Waals surface area contributed by atoms with Gasteiger partial charge in [0.2, 0.25) is 0 Å². The zero-order valence-electron chi connectivity index (χ0n) is 10.4. The van der Waals surface area contributed by atoms with Crippen molar-refractivity contribution in [2.24, 2.45) is 18.5 Å². The maximum Gasteiger partial charge on any atom is 0.266 e. The van der Waals surface area contributed by atoms with Crippen LogP contribution in [-0.2, 0) is 17.2 Å². The lowest BCUT2D eigenvalue weighted by Crippen LogP contribution is -2.44. The lowest BCUT2D eigenvalue weighted by Gasteiger charge is -2.00. The number of aromatic nitrogens is 2. The second-order valence-electron chi connectivity index (χ2n) is 3.68. The van der Waals surface area contributed by atoms with Gasteiger partial charge in [-0.1, -0.05) is 0 Å². The fourth-order valence-corrected chi connectivity index (χ4v) is 1.45. The Balaban J connectivity index is 0.000000325. The molecule has 1 unspecified atom stereocenters. The van der Waals surface area contributed by atoms with Crippen LogP contribution in [0.3, 0.4) is 0 Å². The number of imidazole rings is 1. The molecule has 1 heterocycles. The van der Waals surface area contributed by atoms with Gasteiger partial charge >= 0.3 is 0 Å². The average Bonchev–Trinajstić information content (AvgIpc) is 2.46. The number of rotatable bonds is 3. The molecule has 0 aliphatic carbocycles. The van der Waals surface area contributed by atoms with Gasteiger partial charge in [0.25, 0.3) is 15.9 Å². The number of hydrogen-bond donors (Lipinski definition) is 3. The van der Waals surface area contributed by atoms with Crippen molar-refractivity contribution in [1.82, 2.24) is 4.57 Å². The predicted molar refractivity (Wildman–Crippen MR) is 64.7 cm³/mol. The molecule has 5 N–H and O–H groups in total. The summed E-state index contributed by atoms with van der Waals surface area (Å²) in [5, 5.41) is 0. The van der Waals surface area contributed by atoms with Crippen molar-refractivity contribution in [3.05, 3.63) is 18.2 Å². The molecule has 0 amide bonds. The van der Waals surface area contributed by atoms with Crippen LogP contribution in [0.4, 0.5) is 0 Å². The molecule has 0 fully saturated rings. The van der Waals surface area contributed by atoms with Gasteiger partial charge in [-0.05, 0) is 6.92 Å². The molecule has 1 atom stereocenters. The van der Waals surface area contributed by atoms with Gasteiger partial charge in [-0.25, -0.2) is 9.13 Å². The van der Waals surface area contributed by atoms with Gasteiger partial charge in [-0.15, -0.1) is 0 Å². The van der Waals surface area contributed by atoms with Gasteiger partial charge in [0.15, 0.2) is 0 Å². The predicted octanol–water partition coefficient (Wildman–Crippen LogP) is -1.07. The molecule has 100 valence electrons. The standard InChI is InChI=1S/C7H14N3.C2H7NO3S/c1-6(8)10-5-4-9(3)7(10)2;3-1-2-7(4,5)6/h4-6H,8H2,1-3H3;1-3H2,(H,4,5,6)/q+1;. The zero-order valence-corrected chi connectivity index (χ0v) is 11.2. The smallest absolute Gasteiger partial charge is 0.266 e. The van der Waals surface area contributed by atoms with Crippen LogP contribution < -0.4 is 16.0 Å². The van der Waals surface area contributed by atoms with Crippen LogP contribution in [0.2, 0.25) is 0 Å². The minimum absolute atomic E-state index is 0.0289. The van der Waals surface area contributed by atoms with Crippen LogP contribution in [0.25, 0.3) is 0 Å². The summed E-state index contributed by atoms with van der Waals surface area (Å²) >= 11 is 0. The van der Waals surface area contributed by atoms with Gasteiger partial charge in [-0.3, -0.25) is 10.3 Å². The van der Waals surface area contributed by atoms with E-state index in [1.807, 2.05) is 42.4 Å². The average molecular weight is 265 g/mol. The van der Waals surface area contributed by atoms with Gasteiger partial charge in [0.1, 0.15) is 18.6 Å². The molecule has 1 rings (SSSR count). The molecule has 8 heteroatoms. The molecule has 1 aromatic rings. The van der Waals surface area contributed by atoms with E-state index in [1.165, 1.54) is 5.82 Å². The summed E-state index contributed by atoms with van der Waals surface area (Å²) < 4.78 is 31.4. The van der Waals surface area contributed by atoms with Crippen molar-refractivity contribution >= 4 is 10.1 Å². The molecule has 0 saturated heterocycles. The first kappa shape index (κ1) is 16.0. The number of nitrogens with two attached hydrogens (primary N) is 2. The third-order valence-electron chi connectivity index (χ3n) is 2.15. The van der Waals surface area contributed by atoms with Crippen molar-refractivity contribution in [3.63, 3.8) is 0 Å². The number of hydrogen-bond acceptors (Lipinski definition) is 4. The molecular weight excluding hydrogens is 244 g/mol. The Hall–Kier alpha value is -0.960. The molecule has 0 saturated carbocycles. The first-order valence-corrected chi connectivity index (χ1v) is 6.74. The largest absolute Gasteiger partial charge is 0.329 e. The number of aryl methyl sites for hydroxylation is 1. The molecule has 17 heavy (non-hydrogen) atoms. The van der Waals surface area contributed by atoms with Crippen molar-refractivity contribution in [3.8, 4) is 0 Å². The first-order valence-electron chi connectivity index (χ1n) is 5.13. The molecule has 7 nitrogen and oxygen atoms in total. The van der Waals surface area contributed by atoms with E-state index in [4.69, 9.17) is 16.0 Å². The monoisotopic (exact) mass is 265 g/mol. The lowest BCUT2D eigenvalue weighted by atomic mass is 10.5. The maximum absolute atomic E-state index is 9.71. The molecule has 0 bridgehead atoms. The Kier molecular flexibility index (Phi) is 6.32. The summed E-state index contributed by atoms with van der Waals surface area (Å²) in [4.78, 5) is 0. The van der Waals surface area contributed by atoms with E-state index < -0.39 is 10.1 Å². The third-order valence-corrected chi connectivity index (χ3v) is 2.90. The second kappa shape index (κ2) is 6.70.